The monoisotopic (exact) mass is 316 g/mol. The number of rotatable bonds is 4. The highest BCUT2D eigenvalue weighted by atomic mass is 16.5. The largest absolute Gasteiger partial charge is 0.386 e. The van der Waals surface area contributed by atoms with Crippen LogP contribution in [-0.2, 0) is 0 Å². The second-order valence-electron chi connectivity index (χ2n) is 5.94. The Morgan fingerprint density at radius 3 is 3.09 bits per heavy atom. The summed E-state index contributed by atoms with van der Waals surface area (Å²) in [5, 5.41) is 17.2. The lowest BCUT2D eigenvalue weighted by Crippen LogP contribution is -2.54. The van der Waals surface area contributed by atoms with Crippen LogP contribution in [0.3, 0.4) is 0 Å². The first-order chi connectivity index (χ1) is 11.1. The van der Waals surface area contributed by atoms with E-state index < -0.39 is 5.60 Å². The standard InChI is InChI=1S/C16H20N4O3/c1-12-9-13(19-23-12)15(21)18-10-16(22)6-4-8-20(11-16)14-5-2-3-7-17-14/h2-3,5,7,9,22H,4,6,8,10-11H2,1H3,(H,18,21)/t16-/m1/s1. The van der Waals surface area contributed by atoms with Crippen LogP contribution in [0.2, 0.25) is 0 Å². The van der Waals surface area contributed by atoms with Crippen LogP contribution in [-0.4, -0.2) is 46.4 Å². The SMILES string of the molecule is Cc1cc(C(=O)NC[C@]2(O)CCCN(c3ccccn3)C2)no1. The Kier molecular flexibility index (Phi) is 4.29. The Morgan fingerprint density at radius 2 is 2.39 bits per heavy atom. The molecule has 2 aromatic heterocycles. The molecule has 2 N–H and O–H groups in total. The van der Waals surface area contributed by atoms with Crippen LogP contribution >= 0.6 is 0 Å². The molecule has 0 bridgehead atoms. The van der Waals surface area contributed by atoms with E-state index in [2.05, 4.69) is 15.5 Å². The third-order valence-electron chi connectivity index (χ3n) is 3.97. The van der Waals surface area contributed by atoms with Crippen LogP contribution in [0.25, 0.3) is 0 Å². The fourth-order valence-electron chi connectivity index (χ4n) is 2.80. The third kappa shape index (κ3) is 3.68. The quantitative estimate of drug-likeness (QED) is 0.879. The van der Waals surface area contributed by atoms with E-state index in [9.17, 15) is 9.90 Å². The van der Waals surface area contributed by atoms with Crippen molar-refractivity contribution in [3.05, 3.63) is 41.9 Å². The Labute approximate surface area is 134 Å². The summed E-state index contributed by atoms with van der Waals surface area (Å²) in [6.45, 7) is 3.17. The van der Waals surface area contributed by atoms with E-state index in [1.165, 1.54) is 0 Å². The zero-order valence-electron chi connectivity index (χ0n) is 13.0. The van der Waals surface area contributed by atoms with Crippen LogP contribution in [0.5, 0.6) is 0 Å². The number of β-amino-alcohol motifs (C(OH)–C–C–N with tert-alkyl or cyclic N) is 1. The van der Waals surface area contributed by atoms with Crippen molar-refractivity contribution in [2.75, 3.05) is 24.5 Å². The number of carbonyl (C=O) groups is 1. The molecule has 7 nitrogen and oxygen atoms in total. The zero-order chi connectivity index (χ0) is 16.3. The summed E-state index contributed by atoms with van der Waals surface area (Å²) in [6.07, 6.45) is 3.21. The van der Waals surface area contributed by atoms with Crippen LogP contribution < -0.4 is 10.2 Å². The van der Waals surface area contributed by atoms with Crippen molar-refractivity contribution in [2.24, 2.45) is 0 Å². The molecule has 122 valence electrons. The summed E-state index contributed by atoms with van der Waals surface area (Å²) < 4.78 is 4.89. The number of nitrogens with one attached hydrogen (secondary N) is 1. The molecule has 0 spiro atoms. The summed E-state index contributed by atoms with van der Waals surface area (Å²) in [4.78, 5) is 18.4. The molecule has 7 heteroatoms. The minimum Gasteiger partial charge on any atom is -0.386 e. The summed E-state index contributed by atoms with van der Waals surface area (Å²) in [7, 11) is 0. The number of aliphatic hydroxyl groups is 1. The van der Waals surface area contributed by atoms with E-state index in [4.69, 9.17) is 4.52 Å². The fourth-order valence-corrected chi connectivity index (χ4v) is 2.80. The van der Waals surface area contributed by atoms with Gasteiger partial charge in [-0.1, -0.05) is 11.2 Å². The van der Waals surface area contributed by atoms with Crippen molar-refractivity contribution in [3.63, 3.8) is 0 Å². The molecule has 1 fully saturated rings. The summed E-state index contributed by atoms with van der Waals surface area (Å²) in [5.74, 6) is 1.07. The summed E-state index contributed by atoms with van der Waals surface area (Å²) in [6, 6.07) is 7.27. The average Bonchev–Trinajstić information content (AvgIpc) is 3.00. The van der Waals surface area contributed by atoms with E-state index in [-0.39, 0.29) is 18.1 Å². The highest BCUT2D eigenvalue weighted by Gasteiger charge is 2.34. The maximum atomic E-state index is 12.0. The van der Waals surface area contributed by atoms with Gasteiger partial charge in [0.15, 0.2) is 5.69 Å². The number of hydrogen-bond donors (Lipinski definition) is 2. The second-order valence-corrected chi connectivity index (χ2v) is 5.94. The number of nitrogens with zero attached hydrogens (tertiary/aromatic N) is 3. The highest BCUT2D eigenvalue weighted by molar-refractivity contribution is 5.92. The van der Waals surface area contributed by atoms with Crippen molar-refractivity contribution in [3.8, 4) is 0 Å². The minimum atomic E-state index is -0.982. The molecule has 0 aliphatic carbocycles. The summed E-state index contributed by atoms with van der Waals surface area (Å²) >= 11 is 0. The molecule has 1 saturated heterocycles. The maximum absolute atomic E-state index is 12.0. The molecular formula is C16H20N4O3. The molecule has 1 aliphatic heterocycles. The average molecular weight is 316 g/mol. The van der Waals surface area contributed by atoms with Gasteiger partial charge in [-0.3, -0.25) is 4.79 Å². The predicted octanol–water partition coefficient (Wildman–Crippen LogP) is 1.14. The van der Waals surface area contributed by atoms with Gasteiger partial charge < -0.3 is 19.8 Å². The fraction of sp³-hybridized carbons (Fsp3) is 0.438. The number of anilines is 1. The van der Waals surface area contributed by atoms with Gasteiger partial charge >= 0.3 is 0 Å². The van der Waals surface area contributed by atoms with E-state index in [0.717, 1.165) is 18.8 Å². The van der Waals surface area contributed by atoms with Gasteiger partial charge in [-0.25, -0.2) is 4.98 Å². The second kappa shape index (κ2) is 6.37. The first-order valence-electron chi connectivity index (χ1n) is 7.66. The Bertz CT molecular complexity index is 673. The number of carbonyl (C=O) groups excluding carboxylic acids is 1. The van der Waals surface area contributed by atoms with Gasteiger partial charge in [-0.15, -0.1) is 0 Å². The summed E-state index contributed by atoms with van der Waals surface area (Å²) in [5.41, 5.74) is -0.756. The highest BCUT2D eigenvalue weighted by Crippen LogP contribution is 2.24. The zero-order valence-corrected chi connectivity index (χ0v) is 13.0. The maximum Gasteiger partial charge on any atom is 0.273 e. The Morgan fingerprint density at radius 1 is 1.52 bits per heavy atom. The van der Waals surface area contributed by atoms with Crippen molar-refractivity contribution in [1.29, 1.82) is 0 Å². The first-order valence-corrected chi connectivity index (χ1v) is 7.66. The number of piperidine rings is 1. The van der Waals surface area contributed by atoms with E-state index >= 15 is 0 Å². The molecule has 1 aliphatic rings. The number of aromatic nitrogens is 2. The van der Waals surface area contributed by atoms with E-state index in [0.29, 0.717) is 18.7 Å². The molecule has 2 aromatic rings. The van der Waals surface area contributed by atoms with Gasteiger partial charge in [-0.2, -0.15) is 0 Å². The molecule has 0 saturated carbocycles. The molecule has 1 atom stereocenters. The lowest BCUT2D eigenvalue weighted by Gasteiger charge is -2.39. The third-order valence-corrected chi connectivity index (χ3v) is 3.97. The molecule has 23 heavy (non-hydrogen) atoms. The number of amides is 1. The molecule has 3 rings (SSSR count). The topological polar surface area (TPSA) is 91.5 Å². The van der Waals surface area contributed by atoms with Crippen molar-refractivity contribution in [2.45, 2.75) is 25.4 Å². The molecule has 0 aromatic carbocycles. The van der Waals surface area contributed by atoms with Gasteiger partial charge in [0.05, 0.1) is 5.60 Å². The van der Waals surface area contributed by atoms with Crippen LogP contribution in [0.15, 0.2) is 35.0 Å². The number of hydrogen-bond acceptors (Lipinski definition) is 6. The van der Waals surface area contributed by atoms with Gasteiger partial charge in [0.1, 0.15) is 11.6 Å². The smallest absolute Gasteiger partial charge is 0.273 e. The Balaban J connectivity index is 1.61. The van der Waals surface area contributed by atoms with Gasteiger partial charge in [0.25, 0.3) is 5.91 Å². The van der Waals surface area contributed by atoms with Crippen LogP contribution in [0.4, 0.5) is 5.82 Å². The first kappa shape index (κ1) is 15.5. The van der Waals surface area contributed by atoms with Crippen molar-refractivity contribution < 1.29 is 14.4 Å². The predicted molar refractivity (Wildman–Crippen MR) is 84.2 cm³/mol. The molecule has 0 radical (unpaired) electrons. The van der Waals surface area contributed by atoms with Crippen LogP contribution in [0, 0.1) is 6.92 Å². The molecule has 3 heterocycles. The minimum absolute atomic E-state index is 0.168. The number of aryl methyl sites for hydroxylation is 1. The normalized spacial score (nSPS) is 21.2. The molecule has 0 unspecified atom stereocenters. The Hall–Kier alpha value is -2.41. The molecule has 1 amide bonds. The number of pyridine rings is 1. The van der Waals surface area contributed by atoms with E-state index in [1.54, 1.807) is 19.2 Å². The van der Waals surface area contributed by atoms with E-state index in [1.807, 2.05) is 23.1 Å². The van der Waals surface area contributed by atoms with Gasteiger partial charge in [0, 0.05) is 31.9 Å². The lowest BCUT2D eigenvalue weighted by molar-refractivity contribution is 0.0253. The van der Waals surface area contributed by atoms with Crippen molar-refractivity contribution in [1.82, 2.24) is 15.5 Å². The van der Waals surface area contributed by atoms with Gasteiger partial charge in [0.2, 0.25) is 0 Å². The van der Waals surface area contributed by atoms with Crippen molar-refractivity contribution >= 4 is 11.7 Å². The molecular weight excluding hydrogens is 296 g/mol. The van der Waals surface area contributed by atoms with Crippen LogP contribution in [0.1, 0.15) is 29.1 Å². The lowest BCUT2D eigenvalue weighted by atomic mass is 9.92. The van der Waals surface area contributed by atoms with Gasteiger partial charge in [-0.05, 0) is 31.9 Å².